The van der Waals surface area contributed by atoms with Crippen molar-refractivity contribution in [3.63, 3.8) is 0 Å². The second kappa shape index (κ2) is 5.07. The van der Waals surface area contributed by atoms with Gasteiger partial charge in [0.15, 0.2) is 0 Å². The summed E-state index contributed by atoms with van der Waals surface area (Å²) in [4.78, 5) is 0. The summed E-state index contributed by atoms with van der Waals surface area (Å²) in [5.74, 6) is 2.15. The molecular weight excluding hydrogens is 162 g/mol. The van der Waals surface area contributed by atoms with Crippen molar-refractivity contribution in [2.24, 2.45) is 0 Å². The zero-order valence-corrected chi connectivity index (χ0v) is 8.76. The minimum atomic E-state index is 0.380. The molecule has 0 saturated carbocycles. The minimum absolute atomic E-state index is 0.380. The van der Waals surface area contributed by atoms with Crippen LogP contribution in [0.25, 0.3) is 0 Å². The molecule has 1 aromatic rings. The summed E-state index contributed by atoms with van der Waals surface area (Å²) >= 11 is 0. The Bertz CT molecular complexity index is 242. The zero-order valence-electron chi connectivity index (χ0n) is 8.76. The first-order valence-electron chi connectivity index (χ1n) is 5.07. The molecule has 1 aromatic heterocycles. The van der Waals surface area contributed by atoms with Gasteiger partial charge in [0.1, 0.15) is 11.5 Å². The molecule has 2 nitrogen and oxygen atoms in total. The van der Waals surface area contributed by atoms with Gasteiger partial charge in [-0.15, -0.1) is 0 Å². The van der Waals surface area contributed by atoms with Crippen molar-refractivity contribution >= 4 is 0 Å². The van der Waals surface area contributed by atoms with Gasteiger partial charge in [0.25, 0.3) is 0 Å². The molecule has 1 N–H and O–H groups in total. The second-order valence-electron chi connectivity index (χ2n) is 3.29. The van der Waals surface area contributed by atoms with Crippen LogP contribution in [0.1, 0.15) is 44.3 Å². The number of hydrogen-bond donors (Lipinski definition) is 1. The van der Waals surface area contributed by atoms with Crippen molar-refractivity contribution in [1.29, 1.82) is 0 Å². The smallest absolute Gasteiger partial charge is 0.121 e. The summed E-state index contributed by atoms with van der Waals surface area (Å²) in [6.07, 6.45) is 3.28. The molecule has 13 heavy (non-hydrogen) atoms. The molecule has 0 radical (unpaired) electrons. The van der Waals surface area contributed by atoms with Crippen molar-refractivity contribution in [3.05, 3.63) is 23.7 Å². The molecular formula is C11H19NO. The van der Waals surface area contributed by atoms with Crippen LogP contribution in [0, 0.1) is 0 Å². The molecule has 0 spiro atoms. The average molecular weight is 181 g/mol. The molecule has 1 heterocycles. The van der Waals surface area contributed by atoms with Crippen LogP contribution in [0.3, 0.4) is 0 Å². The van der Waals surface area contributed by atoms with E-state index in [1.54, 1.807) is 0 Å². The molecule has 0 aliphatic heterocycles. The summed E-state index contributed by atoms with van der Waals surface area (Å²) in [5, 5.41) is 3.26. The molecule has 2 heteroatoms. The molecule has 0 bridgehead atoms. The van der Waals surface area contributed by atoms with Crippen LogP contribution in [0.15, 0.2) is 16.5 Å². The van der Waals surface area contributed by atoms with E-state index in [0.717, 1.165) is 24.4 Å². The summed E-state index contributed by atoms with van der Waals surface area (Å²) in [6, 6.07) is 4.52. The van der Waals surface area contributed by atoms with Gasteiger partial charge < -0.3 is 9.73 Å². The Labute approximate surface area is 80.3 Å². The maximum absolute atomic E-state index is 5.68. The summed E-state index contributed by atoms with van der Waals surface area (Å²) in [5.41, 5.74) is 0. The number of aryl methyl sites for hydroxylation is 1. The molecule has 0 fully saturated rings. The second-order valence-corrected chi connectivity index (χ2v) is 3.29. The Kier molecular flexibility index (Phi) is 4.03. The van der Waals surface area contributed by atoms with Gasteiger partial charge in [0.05, 0.1) is 6.04 Å². The average Bonchev–Trinajstić information content (AvgIpc) is 2.62. The summed E-state index contributed by atoms with van der Waals surface area (Å²) in [7, 11) is 1.98. The summed E-state index contributed by atoms with van der Waals surface area (Å²) in [6.45, 7) is 4.30. The Morgan fingerprint density at radius 2 is 2.15 bits per heavy atom. The van der Waals surface area contributed by atoms with Crippen LogP contribution in [0.4, 0.5) is 0 Å². The van der Waals surface area contributed by atoms with Gasteiger partial charge in [-0.25, -0.2) is 0 Å². The number of nitrogens with one attached hydrogen (secondary N) is 1. The molecule has 0 amide bonds. The molecule has 0 aromatic carbocycles. The van der Waals surface area contributed by atoms with Crippen LogP contribution >= 0.6 is 0 Å². The highest BCUT2D eigenvalue weighted by atomic mass is 16.3. The van der Waals surface area contributed by atoms with Gasteiger partial charge in [-0.2, -0.15) is 0 Å². The standard InChI is InChI=1S/C11H19NO/c1-4-6-10(12-3)11-8-7-9(5-2)13-11/h7-8,10,12H,4-6H2,1-3H3. The first-order valence-corrected chi connectivity index (χ1v) is 5.07. The third-order valence-corrected chi connectivity index (χ3v) is 2.30. The van der Waals surface area contributed by atoms with E-state index in [9.17, 15) is 0 Å². The molecule has 1 atom stereocenters. The molecule has 74 valence electrons. The van der Waals surface area contributed by atoms with Crippen LogP contribution in [0.5, 0.6) is 0 Å². The highest BCUT2D eigenvalue weighted by Crippen LogP contribution is 2.20. The highest BCUT2D eigenvalue weighted by Gasteiger charge is 2.11. The fourth-order valence-corrected chi connectivity index (χ4v) is 1.49. The predicted octanol–water partition coefficient (Wildman–Crippen LogP) is 2.90. The number of hydrogen-bond acceptors (Lipinski definition) is 2. The maximum Gasteiger partial charge on any atom is 0.121 e. The topological polar surface area (TPSA) is 25.2 Å². The van der Waals surface area contributed by atoms with Gasteiger partial charge in [-0.05, 0) is 25.6 Å². The SMILES string of the molecule is CCCC(NC)c1ccc(CC)o1. The van der Waals surface area contributed by atoms with Crippen LogP contribution < -0.4 is 5.32 Å². The van der Waals surface area contributed by atoms with E-state index in [-0.39, 0.29) is 0 Å². The molecule has 1 unspecified atom stereocenters. The highest BCUT2D eigenvalue weighted by molar-refractivity contribution is 5.10. The van der Waals surface area contributed by atoms with E-state index in [4.69, 9.17) is 4.42 Å². The number of rotatable bonds is 5. The minimum Gasteiger partial charge on any atom is -0.464 e. The van der Waals surface area contributed by atoms with E-state index in [0.29, 0.717) is 6.04 Å². The third-order valence-electron chi connectivity index (χ3n) is 2.30. The van der Waals surface area contributed by atoms with E-state index in [1.807, 2.05) is 7.05 Å². The third kappa shape index (κ3) is 2.59. The van der Waals surface area contributed by atoms with E-state index in [1.165, 1.54) is 6.42 Å². The lowest BCUT2D eigenvalue weighted by molar-refractivity contribution is 0.393. The summed E-state index contributed by atoms with van der Waals surface area (Å²) < 4.78 is 5.68. The monoisotopic (exact) mass is 181 g/mol. The number of furan rings is 1. The molecule has 0 saturated heterocycles. The van der Waals surface area contributed by atoms with Crippen molar-refractivity contribution in [1.82, 2.24) is 5.32 Å². The Hall–Kier alpha value is -0.760. The van der Waals surface area contributed by atoms with E-state index in [2.05, 4.69) is 31.3 Å². The quantitative estimate of drug-likeness (QED) is 0.755. The Balaban J connectivity index is 2.67. The largest absolute Gasteiger partial charge is 0.464 e. The lowest BCUT2D eigenvalue weighted by Gasteiger charge is -2.11. The van der Waals surface area contributed by atoms with Crippen molar-refractivity contribution in [2.45, 2.75) is 39.2 Å². The molecule has 0 aliphatic carbocycles. The zero-order chi connectivity index (χ0) is 9.68. The Morgan fingerprint density at radius 1 is 1.38 bits per heavy atom. The first-order chi connectivity index (χ1) is 6.31. The van der Waals surface area contributed by atoms with Gasteiger partial charge >= 0.3 is 0 Å². The van der Waals surface area contributed by atoms with Gasteiger partial charge in [0, 0.05) is 6.42 Å². The normalized spacial score (nSPS) is 13.2. The van der Waals surface area contributed by atoms with E-state index < -0.39 is 0 Å². The van der Waals surface area contributed by atoms with Crippen molar-refractivity contribution < 1.29 is 4.42 Å². The lowest BCUT2D eigenvalue weighted by Crippen LogP contribution is -2.15. The van der Waals surface area contributed by atoms with Crippen LogP contribution in [-0.2, 0) is 6.42 Å². The first kappa shape index (κ1) is 10.3. The fourth-order valence-electron chi connectivity index (χ4n) is 1.49. The molecule has 1 rings (SSSR count). The fraction of sp³-hybridized carbons (Fsp3) is 0.636. The maximum atomic E-state index is 5.68. The predicted molar refractivity (Wildman–Crippen MR) is 54.8 cm³/mol. The van der Waals surface area contributed by atoms with Gasteiger partial charge in [0.2, 0.25) is 0 Å². The van der Waals surface area contributed by atoms with Gasteiger partial charge in [-0.1, -0.05) is 20.3 Å². The Morgan fingerprint density at radius 3 is 2.62 bits per heavy atom. The molecule has 0 aliphatic rings. The van der Waals surface area contributed by atoms with Crippen molar-refractivity contribution in [3.8, 4) is 0 Å². The van der Waals surface area contributed by atoms with Crippen molar-refractivity contribution in [2.75, 3.05) is 7.05 Å². The van der Waals surface area contributed by atoms with Gasteiger partial charge in [-0.3, -0.25) is 0 Å². The van der Waals surface area contributed by atoms with Crippen LogP contribution in [-0.4, -0.2) is 7.05 Å². The lowest BCUT2D eigenvalue weighted by atomic mass is 10.1. The van der Waals surface area contributed by atoms with E-state index >= 15 is 0 Å². The van der Waals surface area contributed by atoms with Crippen LogP contribution in [0.2, 0.25) is 0 Å².